The molecule has 0 heterocycles. The quantitative estimate of drug-likeness (QED) is 0.386. The summed E-state index contributed by atoms with van der Waals surface area (Å²) in [4.78, 5) is 0.461. The van der Waals surface area contributed by atoms with Gasteiger partial charge in [-0.3, -0.25) is 0 Å². The molecular formula is C20H22N4O5S2. The summed E-state index contributed by atoms with van der Waals surface area (Å²) < 4.78 is 48.9. The van der Waals surface area contributed by atoms with Crippen molar-refractivity contribution in [2.24, 2.45) is 0 Å². The largest absolute Gasteiger partial charge is 0.409 e. The number of nitrogens with two attached hydrogens (primary N) is 2. The molecule has 0 saturated carbocycles. The molecule has 0 aliphatic heterocycles. The van der Waals surface area contributed by atoms with Gasteiger partial charge in [-0.05, 0) is 72.8 Å². The summed E-state index contributed by atoms with van der Waals surface area (Å²) in [5, 5.41) is 1.33. The summed E-state index contributed by atoms with van der Waals surface area (Å²) in [6.45, 7) is 0. The number of benzene rings is 3. The first-order valence-corrected chi connectivity index (χ1v) is 11.4. The fourth-order valence-electron chi connectivity index (χ4n) is 2.47. The Morgan fingerprint density at radius 2 is 1.26 bits per heavy atom. The third-order valence-corrected chi connectivity index (χ3v) is 6.55. The highest BCUT2D eigenvalue weighted by Crippen LogP contribution is 2.24. The van der Waals surface area contributed by atoms with Crippen molar-refractivity contribution >= 4 is 44.1 Å². The van der Waals surface area contributed by atoms with Gasteiger partial charge in [0.2, 0.25) is 11.1 Å². The Morgan fingerprint density at radius 3 is 1.81 bits per heavy atom. The van der Waals surface area contributed by atoms with Gasteiger partial charge in [0.05, 0.1) is 16.3 Å². The molecule has 3 rings (SSSR count). The molecule has 3 aromatic rings. The molecule has 0 aliphatic rings. The summed E-state index contributed by atoms with van der Waals surface area (Å²) in [5.74, 6) is 0.149. The molecule has 4 N–H and O–H groups in total. The molecule has 0 saturated heterocycles. The van der Waals surface area contributed by atoms with Crippen molar-refractivity contribution in [2.45, 2.75) is 4.90 Å². The summed E-state index contributed by atoms with van der Waals surface area (Å²) in [6, 6.07) is 18.9. The lowest BCUT2D eigenvalue weighted by Crippen LogP contribution is -2.30. The summed E-state index contributed by atoms with van der Waals surface area (Å²) in [5.41, 5.74) is 13.2. The van der Waals surface area contributed by atoms with E-state index in [0.717, 1.165) is 4.31 Å². The Morgan fingerprint density at radius 1 is 0.774 bits per heavy atom. The standard InChI is InChI=1S/C20H22N4O5S2/c1-23(29-30(25)20-13-5-16(22)6-14-20)17-7-9-18(10-8-17)24(2)31(26,27)28-19-11-3-15(21)4-12-19/h3-14H,21-22H2,1-2H3. The highest BCUT2D eigenvalue weighted by atomic mass is 32.2. The zero-order valence-corrected chi connectivity index (χ0v) is 18.5. The van der Waals surface area contributed by atoms with Crippen molar-refractivity contribution in [2.75, 3.05) is 34.9 Å². The molecule has 31 heavy (non-hydrogen) atoms. The maximum absolute atomic E-state index is 12.5. The van der Waals surface area contributed by atoms with Crippen LogP contribution in [0.2, 0.25) is 0 Å². The molecule has 1 unspecified atom stereocenters. The van der Waals surface area contributed by atoms with Crippen molar-refractivity contribution in [3.05, 3.63) is 72.8 Å². The van der Waals surface area contributed by atoms with Gasteiger partial charge in [0.15, 0.2) is 0 Å². The summed E-state index contributed by atoms with van der Waals surface area (Å²) in [7, 11) is -1.12. The van der Waals surface area contributed by atoms with E-state index in [2.05, 4.69) is 0 Å². The number of hydrogen-bond donors (Lipinski definition) is 2. The highest BCUT2D eigenvalue weighted by molar-refractivity contribution is 7.88. The zero-order chi connectivity index (χ0) is 22.6. The van der Waals surface area contributed by atoms with Crippen LogP contribution in [0.5, 0.6) is 5.75 Å². The summed E-state index contributed by atoms with van der Waals surface area (Å²) in [6.07, 6.45) is 0. The highest BCUT2D eigenvalue weighted by Gasteiger charge is 2.21. The van der Waals surface area contributed by atoms with Crippen molar-refractivity contribution in [3.63, 3.8) is 0 Å². The number of anilines is 4. The minimum absolute atomic E-state index is 0.149. The second-order valence-electron chi connectivity index (χ2n) is 6.47. The van der Waals surface area contributed by atoms with Crippen LogP contribution in [-0.4, -0.2) is 26.7 Å². The minimum atomic E-state index is -4.08. The van der Waals surface area contributed by atoms with Gasteiger partial charge in [-0.25, -0.2) is 13.6 Å². The Kier molecular flexibility index (Phi) is 6.68. The second kappa shape index (κ2) is 9.25. The second-order valence-corrected chi connectivity index (χ2v) is 9.13. The van der Waals surface area contributed by atoms with E-state index in [1.54, 1.807) is 67.7 Å². The maximum Gasteiger partial charge on any atom is 0.409 e. The monoisotopic (exact) mass is 462 g/mol. The molecule has 0 fully saturated rings. The fourth-order valence-corrected chi connectivity index (χ4v) is 4.05. The predicted molar refractivity (Wildman–Crippen MR) is 122 cm³/mol. The van der Waals surface area contributed by atoms with Crippen LogP contribution in [0.1, 0.15) is 0 Å². The van der Waals surface area contributed by atoms with Gasteiger partial charge in [-0.15, -0.1) is 0 Å². The SMILES string of the molecule is CN(OS(=O)c1ccc(N)cc1)c1ccc(N(C)S(=O)(=O)Oc2ccc(N)cc2)cc1. The maximum atomic E-state index is 12.5. The van der Waals surface area contributed by atoms with E-state index in [1.807, 2.05) is 0 Å². The number of hydroxylamine groups is 1. The van der Waals surface area contributed by atoms with Gasteiger partial charge in [-0.1, -0.05) is 0 Å². The first kappa shape index (κ1) is 22.4. The van der Waals surface area contributed by atoms with E-state index in [0.29, 0.717) is 27.6 Å². The number of rotatable bonds is 8. The van der Waals surface area contributed by atoms with Crippen molar-refractivity contribution in [1.29, 1.82) is 0 Å². The molecule has 0 aliphatic carbocycles. The van der Waals surface area contributed by atoms with Crippen molar-refractivity contribution in [1.82, 2.24) is 0 Å². The van der Waals surface area contributed by atoms with E-state index in [4.69, 9.17) is 19.9 Å². The van der Waals surface area contributed by atoms with E-state index in [1.165, 1.54) is 24.2 Å². The van der Waals surface area contributed by atoms with E-state index < -0.39 is 21.4 Å². The van der Waals surface area contributed by atoms with Crippen molar-refractivity contribution < 1.29 is 21.1 Å². The van der Waals surface area contributed by atoms with Crippen LogP contribution in [0.3, 0.4) is 0 Å². The van der Waals surface area contributed by atoms with Gasteiger partial charge in [0.25, 0.3) is 0 Å². The minimum Gasteiger partial charge on any atom is -0.399 e. The fraction of sp³-hybridized carbons (Fsp3) is 0.100. The van der Waals surface area contributed by atoms with Gasteiger partial charge >= 0.3 is 10.3 Å². The first-order valence-electron chi connectivity index (χ1n) is 8.99. The predicted octanol–water partition coefficient (Wildman–Crippen LogP) is 2.70. The Hall–Kier alpha value is -3.28. The first-order chi connectivity index (χ1) is 14.7. The van der Waals surface area contributed by atoms with Crippen LogP contribution in [0.4, 0.5) is 22.7 Å². The molecule has 0 bridgehead atoms. The molecular weight excluding hydrogens is 440 g/mol. The molecule has 164 valence electrons. The number of nitrogen functional groups attached to an aromatic ring is 2. The van der Waals surface area contributed by atoms with Gasteiger partial charge in [-0.2, -0.15) is 12.7 Å². The number of hydrogen-bond acceptors (Lipinski definition) is 8. The van der Waals surface area contributed by atoms with E-state index in [9.17, 15) is 12.6 Å². The van der Waals surface area contributed by atoms with E-state index >= 15 is 0 Å². The Labute approximate surface area is 183 Å². The molecule has 1 atom stereocenters. The lowest BCUT2D eigenvalue weighted by atomic mass is 10.3. The van der Waals surface area contributed by atoms with Crippen LogP contribution in [-0.2, 0) is 25.7 Å². The van der Waals surface area contributed by atoms with Gasteiger partial charge in [0, 0.05) is 25.5 Å². The van der Waals surface area contributed by atoms with E-state index in [-0.39, 0.29) is 5.75 Å². The van der Waals surface area contributed by atoms with Gasteiger partial charge < -0.3 is 15.7 Å². The number of nitrogens with zero attached hydrogens (tertiary/aromatic N) is 2. The topological polar surface area (TPSA) is 128 Å². The lowest BCUT2D eigenvalue weighted by molar-refractivity contribution is 0.333. The summed E-state index contributed by atoms with van der Waals surface area (Å²) >= 11 is -1.74. The van der Waals surface area contributed by atoms with Crippen LogP contribution < -0.4 is 25.0 Å². The zero-order valence-electron chi connectivity index (χ0n) is 16.8. The third kappa shape index (κ3) is 5.66. The third-order valence-electron chi connectivity index (χ3n) is 4.25. The molecule has 3 aromatic carbocycles. The lowest BCUT2D eigenvalue weighted by Gasteiger charge is -2.21. The van der Waals surface area contributed by atoms with Crippen LogP contribution in [0.25, 0.3) is 0 Å². The average molecular weight is 463 g/mol. The van der Waals surface area contributed by atoms with Crippen LogP contribution in [0.15, 0.2) is 77.7 Å². The van der Waals surface area contributed by atoms with Crippen molar-refractivity contribution in [3.8, 4) is 5.75 Å². The van der Waals surface area contributed by atoms with Crippen LogP contribution >= 0.6 is 0 Å². The Bertz CT molecular complexity index is 1150. The average Bonchev–Trinajstić information content (AvgIpc) is 2.75. The molecule has 0 amide bonds. The normalized spacial score (nSPS) is 12.2. The molecule has 9 nitrogen and oxygen atoms in total. The molecule has 0 radical (unpaired) electrons. The Balaban J connectivity index is 1.67. The smallest absolute Gasteiger partial charge is 0.399 e. The molecule has 0 spiro atoms. The van der Waals surface area contributed by atoms with Crippen LogP contribution in [0, 0.1) is 0 Å². The molecule has 11 heteroatoms. The molecule has 0 aromatic heterocycles. The van der Waals surface area contributed by atoms with Gasteiger partial charge in [0.1, 0.15) is 5.75 Å².